The van der Waals surface area contributed by atoms with Gasteiger partial charge in [0.2, 0.25) is 0 Å². The van der Waals surface area contributed by atoms with E-state index in [1.165, 1.54) is 0 Å². The van der Waals surface area contributed by atoms with Crippen LogP contribution in [0.5, 0.6) is 0 Å². The Hall–Kier alpha value is -0.520. The van der Waals surface area contributed by atoms with Crippen LogP contribution < -0.4 is 5.73 Å². The molecule has 0 radical (unpaired) electrons. The monoisotopic (exact) mass is 154 g/mol. The van der Waals surface area contributed by atoms with Crippen molar-refractivity contribution >= 4 is 0 Å². The molecule has 0 aromatic heterocycles. The molecule has 2 nitrogen and oxygen atoms in total. The van der Waals surface area contributed by atoms with E-state index in [-0.39, 0.29) is 0 Å². The van der Waals surface area contributed by atoms with Gasteiger partial charge in [-0.1, -0.05) is 12.8 Å². The summed E-state index contributed by atoms with van der Waals surface area (Å²) >= 11 is 0. The van der Waals surface area contributed by atoms with Crippen LogP contribution in [0.3, 0.4) is 0 Å². The highest BCUT2D eigenvalue weighted by Gasteiger charge is 2.00. The molecule has 11 heavy (non-hydrogen) atoms. The van der Waals surface area contributed by atoms with Crippen LogP contribution in [-0.4, -0.2) is 31.6 Å². The molecule has 0 heterocycles. The standard InChI is InChI=1S/C9H18N2/c1-4-6-11(3)7-5-9(2)8-10/h1,9H,5-8,10H2,2-3H3. The molecule has 1 unspecified atom stereocenters. The fourth-order valence-corrected chi connectivity index (χ4v) is 0.794. The summed E-state index contributed by atoms with van der Waals surface area (Å²) in [6, 6.07) is 0. The van der Waals surface area contributed by atoms with Crippen molar-refractivity contribution in [2.75, 3.05) is 26.7 Å². The van der Waals surface area contributed by atoms with Crippen molar-refractivity contribution in [3.05, 3.63) is 0 Å². The van der Waals surface area contributed by atoms with Crippen LogP contribution in [0, 0.1) is 18.3 Å². The van der Waals surface area contributed by atoms with Gasteiger partial charge in [-0.2, -0.15) is 0 Å². The lowest BCUT2D eigenvalue weighted by Gasteiger charge is -2.15. The number of hydrogen-bond acceptors (Lipinski definition) is 2. The van der Waals surface area contributed by atoms with Crippen LogP contribution in [0.4, 0.5) is 0 Å². The number of rotatable bonds is 5. The zero-order valence-electron chi connectivity index (χ0n) is 7.51. The molecule has 0 spiro atoms. The lowest BCUT2D eigenvalue weighted by molar-refractivity contribution is 0.339. The van der Waals surface area contributed by atoms with Gasteiger partial charge < -0.3 is 5.73 Å². The molecular formula is C9H18N2. The van der Waals surface area contributed by atoms with E-state index in [1.807, 2.05) is 7.05 Å². The van der Waals surface area contributed by atoms with Gasteiger partial charge >= 0.3 is 0 Å². The summed E-state index contributed by atoms with van der Waals surface area (Å²) in [6.07, 6.45) is 6.29. The summed E-state index contributed by atoms with van der Waals surface area (Å²) in [5.74, 6) is 3.21. The second kappa shape index (κ2) is 6.21. The average molecular weight is 154 g/mol. The molecular weight excluding hydrogens is 136 g/mol. The fourth-order valence-electron chi connectivity index (χ4n) is 0.794. The van der Waals surface area contributed by atoms with E-state index in [2.05, 4.69) is 17.7 Å². The summed E-state index contributed by atoms with van der Waals surface area (Å²) in [4.78, 5) is 2.13. The first-order chi connectivity index (χ1) is 5.20. The van der Waals surface area contributed by atoms with Crippen molar-refractivity contribution in [3.8, 4) is 12.3 Å². The second-order valence-electron chi connectivity index (χ2n) is 3.07. The minimum atomic E-state index is 0.607. The lowest BCUT2D eigenvalue weighted by atomic mass is 10.1. The van der Waals surface area contributed by atoms with E-state index in [0.717, 1.165) is 26.1 Å². The van der Waals surface area contributed by atoms with Crippen LogP contribution in [0.1, 0.15) is 13.3 Å². The molecule has 64 valence electrons. The van der Waals surface area contributed by atoms with Gasteiger partial charge in [0.1, 0.15) is 0 Å². The molecule has 0 rings (SSSR count). The quantitative estimate of drug-likeness (QED) is 0.585. The predicted octanol–water partition coefficient (Wildman–Crippen LogP) is 0.536. The van der Waals surface area contributed by atoms with E-state index in [4.69, 9.17) is 12.2 Å². The van der Waals surface area contributed by atoms with Crippen molar-refractivity contribution in [2.24, 2.45) is 11.7 Å². The largest absolute Gasteiger partial charge is 0.330 e. The third-order valence-corrected chi connectivity index (χ3v) is 1.77. The SMILES string of the molecule is C#CCN(C)CCC(C)CN. The van der Waals surface area contributed by atoms with Crippen LogP contribution in [0.2, 0.25) is 0 Å². The first-order valence-electron chi connectivity index (χ1n) is 4.02. The summed E-state index contributed by atoms with van der Waals surface area (Å²) < 4.78 is 0. The Kier molecular flexibility index (Phi) is 5.91. The second-order valence-corrected chi connectivity index (χ2v) is 3.07. The van der Waals surface area contributed by atoms with Crippen molar-refractivity contribution in [1.82, 2.24) is 4.90 Å². The number of nitrogens with two attached hydrogens (primary N) is 1. The molecule has 0 saturated heterocycles. The molecule has 0 fully saturated rings. The van der Waals surface area contributed by atoms with Gasteiger partial charge in [-0.05, 0) is 32.5 Å². The first-order valence-corrected chi connectivity index (χ1v) is 4.02. The van der Waals surface area contributed by atoms with Gasteiger partial charge in [0.05, 0.1) is 6.54 Å². The molecule has 2 N–H and O–H groups in total. The zero-order valence-corrected chi connectivity index (χ0v) is 7.51. The Morgan fingerprint density at radius 3 is 2.73 bits per heavy atom. The van der Waals surface area contributed by atoms with Crippen molar-refractivity contribution in [1.29, 1.82) is 0 Å². The number of nitrogens with zero attached hydrogens (tertiary/aromatic N) is 1. The number of hydrogen-bond donors (Lipinski definition) is 1. The van der Waals surface area contributed by atoms with E-state index in [0.29, 0.717) is 5.92 Å². The molecule has 0 amide bonds. The Bertz CT molecular complexity index is 126. The summed E-state index contributed by atoms with van der Waals surface area (Å²) in [5, 5.41) is 0. The Morgan fingerprint density at radius 1 is 1.64 bits per heavy atom. The highest BCUT2D eigenvalue weighted by Crippen LogP contribution is 1.99. The minimum absolute atomic E-state index is 0.607. The van der Waals surface area contributed by atoms with Crippen LogP contribution >= 0.6 is 0 Å². The summed E-state index contributed by atoms with van der Waals surface area (Å²) in [5.41, 5.74) is 5.47. The van der Waals surface area contributed by atoms with Gasteiger partial charge in [-0.3, -0.25) is 4.90 Å². The van der Waals surface area contributed by atoms with Crippen molar-refractivity contribution in [2.45, 2.75) is 13.3 Å². The normalized spacial score (nSPS) is 13.0. The van der Waals surface area contributed by atoms with E-state index < -0.39 is 0 Å². The van der Waals surface area contributed by atoms with Crippen molar-refractivity contribution in [3.63, 3.8) is 0 Å². The molecule has 0 aliphatic rings. The molecule has 0 aromatic rings. The summed E-state index contributed by atoms with van der Waals surface area (Å²) in [7, 11) is 2.03. The molecule has 0 aromatic carbocycles. The predicted molar refractivity (Wildman–Crippen MR) is 49.2 cm³/mol. The molecule has 1 atom stereocenters. The molecule has 0 bridgehead atoms. The van der Waals surface area contributed by atoms with Crippen molar-refractivity contribution < 1.29 is 0 Å². The van der Waals surface area contributed by atoms with Crippen LogP contribution in [0.15, 0.2) is 0 Å². The van der Waals surface area contributed by atoms with E-state index >= 15 is 0 Å². The maximum absolute atomic E-state index is 5.47. The maximum atomic E-state index is 5.47. The third-order valence-electron chi connectivity index (χ3n) is 1.77. The highest BCUT2D eigenvalue weighted by molar-refractivity contribution is 4.87. The van der Waals surface area contributed by atoms with Gasteiger partial charge in [-0.25, -0.2) is 0 Å². The Morgan fingerprint density at radius 2 is 2.27 bits per heavy atom. The minimum Gasteiger partial charge on any atom is -0.330 e. The zero-order chi connectivity index (χ0) is 8.69. The van der Waals surface area contributed by atoms with E-state index in [1.54, 1.807) is 0 Å². The van der Waals surface area contributed by atoms with Gasteiger partial charge in [-0.15, -0.1) is 6.42 Å². The smallest absolute Gasteiger partial charge is 0.0596 e. The van der Waals surface area contributed by atoms with Crippen LogP contribution in [-0.2, 0) is 0 Å². The molecule has 0 saturated carbocycles. The van der Waals surface area contributed by atoms with Gasteiger partial charge in [0.15, 0.2) is 0 Å². The van der Waals surface area contributed by atoms with Gasteiger partial charge in [0, 0.05) is 0 Å². The van der Waals surface area contributed by atoms with Crippen LogP contribution in [0.25, 0.3) is 0 Å². The molecule has 0 aliphatic heterocycles. The summed E-state index contributed by atoms with van der Waals surface area (Å²) in [6.45, 7) is 4.70. The number of terminal acetylenes is 1. The fraction of sp³-hybridized carbons (Fsp3) is 0.778. The third kappa shape index (κ3) is 5.90. The molecule has 2 heteroatoms. The Balaban J connectivity index is 3.31. The first kappa shape index (κ1) is 10.5. The topological polar surface area (TPSA) is 29.3 Å². The van der Waals surface area contributed by atoms with Gasteiger partial charge in [0.25, 0.3) is 0 Å². The Labute approximate surface area is 69.8 Å². The lowest BCUT2D eigenvalue weighted by Crippen LogP contribution is -2.23. The average Bonchev–Trinajstić information content (AvgIpc) is 2.01. The highest BCUT2D eigenvalue weighted by atomic mass is 15.1. The van der Waals surface area contributed by atoms with E-state index in [9.17, 15) is 0 Å². The maximum Gasteiger partial charge on any atom is 0.0596 e. The molecule has 0 aliphatic carbocycles.